The van der Waals surface area contributed by atoms with Crippen molar-refractivity contribution in [2.45, 2.75) is 0 Å². The van der Waals surface area contributed by atoms with Gasteiger partial charge in [-0.3, -0.25) is 14.2 Å². The van der Waals surface area contributed by atoms with Crippen LogP contribution in [0.3, 0.4) is 0 Å². The first-order chi connectivity index (χ1) is 7.31. The minimum Gasteiger partial charge on any atom is -0.298 e. The maximum Gasteiger partial charge on any atom is 0.255 e. The molecule has 0 unspecified atom stereocenters. The molecule has 3 heteroatoms. The average Bonchev–Trinajstić information content (AvgIpc) is 2.30. The van der Waals surface area contributed by atoms with Gasteiger partial charge >= 0.3 is 0 Å². The lowest BCUT2D eigenvalue weighted by Gasteiger charge is -2.04. The second kappa shape index (κ2) is 3.92. The first kappa shape index (κ1) is 9.40. The molecule has 3 nitrogen and oxygen atoms in total. The number of pyridine rings is 1. The number of hydrogen-bond acceptors (Lipinski definition) is 2. The summed E-state index contributed by atoms with van der Waals surface area (Å²) >= 11 is 0. The molecule has 15 heavy (non-hydrogen) atoms. The number of hydrogen-bond donors (Lipinski definition) is 0. The summed E-state index contributed by atoms with van der Waals surface area (Å²) in [5.41, 5.74) is 0.984. The third-order valence-electron chi connectivity index (χ3n) is 2.11. The Bertz CT molecular complexity index is 529. The average molecular weight is 199 g/mol. The minimum absolute atomic E-state index is 0.203. The second-order valence-corrected chi connectivity index (χ2v) is 3.12. The van der Waals surface area contributed by atoms with Crippen LogP contribution in [0.2, 0.25) is 0 Å². The number of rotatable bonds is 2. The van der Waals surface area contributed by atoms with Crippen molar-refractivity contribution in [1.29, 1.82) is 0 Å². The number of para-hydroxylation sites is 1. The van der Waals surface area contributed by atoms with E-state index < -0.39 is 0 Å². The third kappa shape index (κ3) is 1.86. The van der Waals surface area contributed by atoms with E-state index in [1.165, 1.54) is 10.6 Å². The van der Waals surface area contributed by atoms with E-state index in [0.29, 0.717) is 11.8 Å². The van der Waals surface area contributed by atoms with Crippen LogP contribution in [-0.2, 0) is 0 Å². The molecule has 0 saturated heterocycles. The van der Waals surface area contributed by atoms with E-state index in [4.69, 9.17) is 0 Å². The van der Waals surface area contributed by atoms with Gasteiger partial charge in [0.05, 0.1) is 0 Å². The first-order valence-electron chi connectivity index (χ1n) is 4.54. The fourth-order valence-electron chi connectivity index (χ4n) is 1.37. The highest BCUT2D eigenvalue weighted by Crippen LogP contribution is 2.03. The molecule has 0 aliphatic carbocycles. The highest BCUT2D eigenvalue weighted by molar-refractivity contribution is 5.74. The van der Waals surface area contributed by atoms with Crippen LogP contribution in [-0.4, -0.2) is 10.9 Å². The third-order valence-corrected chi connectivity index (χ3v) is 2.11. The molecule has 1 aromatic heterocycles. The van der Waals surface area contributed by atoms with Crippen molar-refractivity contribution >= 4 is 6.29 Å². The monoisotopic (exact) mass is 199 g/mol. The molecule has 74 valence electrons. The fraction of sp³-hybridized carbons (Fsp3) is 0. The Hall–Kier alpha value is -2.16. The van der Waals surface area contributed by atoms with Crippen molar-refractivity contribution in [3.05, 3.63) is 64.6 Å². The smallest absolute Gasteiger partial charge is 0.255 e. The van der Waals surface area contributed by atoms with Crippen molar-refractivity contribution < 1.29 is 4.79 Å². The standard InChI is InChI=1S/C12H9NO2/c14-9-10-6-7-13(12(15)8-10)11-4-2-1-3-5-11/h1-9H. The quantitative estimate of drug-likeness (QED) is 0.690. The molecule has 0 amide bonds. The number of carbonyl (C=O) groups is 1. The Labute approximate surface area is 86.6 Å². The number of benzene rings is 1. The minimum atomic E-state index is -0.203. The highest BCUT2D eigenvalue weighted by Gasteiger charge is 1.99. The van der Waals surface area contributed by atoms with Gasteiger partial charge in [-0.15, -0.1) is 0 Å². The number of aldehydes is 1. The Kier molecular flexibility index (Phi) is 2.46. The normalized spacial score (nSPS) is 9.87. The molecule has 0 atom stereocenters. The SMILES string of the molecule is O=Cc1ccn(-c2ccccc2)c(=O)c1. The van der Waals surface area contributed by atoms with Crippen LogP contribution in [0.1, 0.15) is 10.4 Å². The predicted octanol–water partition coefficient (Wildman–Crippen LogP) is 1.65. The van der Waals surface area contributed by atoms with Gasteiger partial charge in [-0.1, -0.05) is 18.2 Å². The van der Waals surface area contributed by atoms with Gasteiger partial charge in [0, 0.05) is 23.5 Å². The van der Waals surface area contributed by atoms with Crippen LogP contribution in [0.15, 0.2) is 53.5 Å². The van der Waals surface area contributed by atoms with Crippen LogP contribution >= 0.6 is 0 Å². The molecule has 0 bridgehead atoms. The summed E-state index contributed by atoms with van der Waals surface area (Å²) in [6.07, 6.45) is 2.26. The molecular formula is C12H9NO2. The summed E-state index contributed by atoms with van der Waals surface area (Å²) in [7, 11) is 0. The summed E-state index contributed by atoms with van der Waals surface area (Å²) in [5.74, 6) is 0. The predicted molar refractivity (Wildman–Crippen MR) is 57.4 cm³/mol. The van der Waals surface area contributed by atoms with Crippen LogP contribution in [0, 0.1) is 0 Å². The van der Waals surface area contributed by atoms with Crippen molar-refractivity contribution in [1.82, 2.24) is 4.57 Å². The molecule has 0 fully saturated rings. The molecule has 0 spiro atoms. The molecule has 0 saturated carbocycles. The van der Waals surface area contributed by atoms with E-state index in [-0.39, 0.29) is 5.56 Å². The zero-order chi connectivity index (χ0) is 10.7. The lowest BCUT2D eigenvalue weighted by Crippen LogP contribution is -2.16. The maximum absolute atomic E-state index is 11.6. The summed E-state index contributed by atoms with van der Waals surface area (Å²) in [6.45, 7) is 0. The lowest BCUT2D eigenvalue weighted by atomic mass is 10.2. The summed E-state index contributed by atoms with van der Waals surface area (Å²) < 4.78 is 1.49. The molecule has 2 aromatic rings. The zero-order valence-electron chi connectivity index (χ0n) is 7.96. The van der Waals surface area contributed by atoms with Gasteiger partial charge in [0.1, 0.15) is 6.29 Å². The highest BCUT2D eigenvalue weighted by atomic mass is 16.1. The van der Waals surface area contributed by atoms with Gasteiger partial charge in [0.15, 0.2) is 0 Å². The number of carbonyl (C=O) groups excluding carboxylic acids is 1. The van der Waals surface area contributed by atoms with Gasteiger partial charge < -0.3 is 0 Å². The molecule has 2 rings (SSSR count). The van der Waals surface area contributed by atoms with E-state index >= 15 is 0 Å². The molecule has 1 aromatic carbocycles. The van der Waals surface area contributed by atoms with Gasteiger partial charge in [-0.2, -0.15) is 0 Å². The Balaban J connectivity index is 2.56. The van der Waals surface area contributed by atoms with Crippen LogP contribution in [0.4, 0.5) is 0 Å². The Morgan fingerprint density at radius 1 is 1.07 bits per heavy atom. The number of aromatic nitrogens is 1. The van der Waals surface area contributed by atoms with Crippen LogP contribution in [0.25, 0.3) is 5.69 Å². The van der Waals surface area contributed by atoms with Crippen LogP contribution in [0.5, 0.6) is 0 Å². The van der Waals surface area contributed by atoms with E-state index in [9.17, 15) is 9.59 Å². The number of nitrogens with zero attached hydrogens (tertiary/aromatic N) is 1. The molecule has 0 aliphatic heterocycles. The van der Waals surface area contributed by atoms with E-state index in [1.807, 2.05) is 30.3 Å². The van der Waals surface area contributed by atoms with Gasteiger partial charge in [0.2, 0.25) is 0 Å². The van der Waals surface area contributed by atoms with Crippen LogP contribution < -0.4 is 5.56 Å². The summed E-state index contributed by atoms with van der Waals surface area (Å²) in [6, 6.07) is 12.2. The molecule has 0 radical (unpaired) electrons. The maximum atomic E-state index is 11.6. The van der Waals surface area contributed by atoms with Gasteiger partial charge in [-0.25, -0.2) is 0 Å². The second-order valence-electron chi connectivity index (χ2n) is 3.12. The largest absolute Gasteiger partial charge is 0.298 e. The van der Waals surface area contributed by atoms with Gasteiger partial charge in [0.25, 0.3) is 5.56 Å². The molecule has 0 aliphatic rings. The van der Waals surface area contributed by atoms with Crippen molar-refractivity contribution in [2.24, 2.45) is 0 Å². The molecular weight excluding hydrogens is 190 g/mol. The van der Waals surface area contributed by atoms with E-state index in [0.717, 1.165) is 5.69 Å². The van der Waals surface area contributed by atoms with Crippen molar-refractivity contribution in [2.75, 3.05) is 0 Å². The molecule has 1 heterocycles. The fourth-order valence-corrected chi connectivity index (χ4v) is 1.37. The zero-order valence-corrected chi connectivity index (χ0v) is 7.96. The summed E-state index contributed by atoms with van der Waals surface area (Å²) in [5, 5.41) is 0. The Morgan fingerprint density at radius 2 is 1.80 bits per heavy atom. The van der Waals surface area contributed by atoms with E-state index in [1.54, 1.807) is 12.3 Å². The first-order valence-corrected chi connectivity index (χ1v) is 4.54. The molecule has 0 N–H and O–H groups in total. The van der Waals surface area contributed by atoms with Crippen molar-refractivity contribution in [3.8, 4) is 5.69 Å². The van der Waals surface area contributed by atoms with E-state index in [2.05, 4.69) is 0 Å². The summed E-state index contributed by atoms with van der Waals surface area (Å²) in [4.78, 5) is 22.1. The van der Waals surface area contributed by atoms with Gasteiger partial charge in [-0.05, 0) is 18.2 Å². The topological polar surface area (TPSA) is 39.1 Å². The lowest BCUT2D eigenvalue weighted by molar-refractivity contribution is 0.112. The van der Waals surface area contributed by atoms with Crippen molar-refractivity contribution in [3.63, 3.8) is 0 Å². The Morgan fingerprint density at radius 3 is 2.40 bits per heavy atom.